The molecule has 0 bridgehead atoms. The van der Waals surface area contributed by atoms with Crippen LogP contribution in [0.15, 0.2) is 30.3 Å². The van der Waals surface area contributed by atoms with Crippen molar-refractivity contribution in [3.8, 4) is 23.0 Å². The number of rotatable bonds is 13. The average molecular weight is 531 g/mol. The molecule has 1 atom stereocenters. The maximum absolute atomic E-state index is 12.0. The summed E-state index contributed by atoms with van der Waals surface area (Å²) >= 11 is 0. The molecule has 0 N–H and O–H groups in total. The normalized spacial score (nSPS) is 11.2. The summed E-state index contributed by atoms with van der Waals surface area (Å²) in [6, 6.07) is 8.75. The summed E-state index contributed by atoms with van der Waals surface area (Å²) in [5.74, 6) is -1.07. The second kappa shape index (κ2) is 14.6. The van der Waals surface area contributed by atoms with E-state index in [9.17, 15) is 19.2 Å². The summed E-state index contributed by atoms with van der Waals surface area (Å²) in [7, 11) is 2.93. The molecular weight excluding hydrogens is 496 g/mol. The Bertz CT molecular complexity index is 1150. The van der Waals surface area contributed by atoms with Crippen molar-refractivity contribution in [1.82, 2.24) is 0 Å². The molecule has 10 heteroatoms. The Morgan fingerprint density at radius 2 is 1.34 bits per heavy atom. The summed E-state index contributed by atoms with van der Waals surface area (Å²) in [4.78, 5) is 46.2. The van der Waals surface area contributed by atoms with E-state index in [1.807, 2.05) is 6.07 Å². The third kappa shape index (κ3) is 9.42. The van der Waals surface area contributed by atoms with E-state index in [1.165, 1.54) is 41.9 Å². The highest BCUT2D eigenvalue weighted by Gasteiger charge is 2.25. The van der Waals surface area contributed by atoms with E-state index in [1.54, 1.807) is 24.3 Å². The van der Waals surface area contributed by atoms with Crippen LogP contribution in [0.5, 0.6) is 23.0 Å². The van der Waals surface area contributed by atoms with Crippen LogP contribution in [0.1, 0.15) is 56.7 Å². The number of methoxy groups -OCH3 is 2. The topological polar surface area (TPSA) is 124 Å². The number of benzene rings is 2. The molecule has 0 fully saturated rings. The first-order chi connectivity index (χ1) is 18.0. The zero-order chi connectivity index (χ0) is 28.2. The Hall–Kier alpha value is -4.08. The molecule has 2 aromatic rings. The number of hydrogen-bond acceptors (Lipinski definition) is 10. The Kier molecular flexibility index (Phi) is 11.6. The van der Waals surface area contributed by atoms with Gasteiger partial charge in [0.05, 0.1) is 27.4 Å². The van der Waals surface area contributed by atoms with Gasteiger partial charge in [-0.2, -0.15) is 0 Å². The number of aryl methyl sites for hydroxylation is 1. The molecule has 0 aliphatic carbocycles. The number of esters is 4. The van der Waals surface area contributed by atoms with Crippen molar-refractivity contribution in [2.45, 2.75) is 52.9 Å². The predicted molar refractivity (Wildman–Crippen MR) is 137 cm³/mol. The standard InChI is InChI=1S/C28H34O10/c1-17(29)35-11-7-8-21-13-24(28(38-20(4)32)27(15-21)34-6)23(16-36-18(2)30)12-22-9-10-25(37-19(3)31)26(14-22)33-5/h9-10,13-15,23H,7-8,11-12,16H2,1-6H3. The predicted octanol–water partition coefficient (Wildman–Crippen LogP) is 3.94. The monoisotopic (exact) mass is 530 g/mol. The van der Waals surface area contributed by atoms with Crippen molar-refractivity contribution < 1.29 is 47.6 Å². The summed E-state index contributed by atoms with van der Waals surface area (Å²) in [6.07, 6.45) is 1.49. The summed E-state index contributed by atoms with van der Waals surface area (Å²) in [5, 5.41) is 0. The van der Waals surface area contributed by atoms with E-state index in [2.05, 4.69) is 0 Å². The molecule has 0 radical (unpaired) electrons. The fraction of sp³-hybridized carbons (Fsp3) is 0.429. The lowest BCUT2D eigenvalue weighted by molar-refractivity contribution is -0.142. The molecule has 10 nitrogen and oxygen atoms in total. The Labute approximate surface area is 222 Å². The van der Waals surface area contributed by atoms with E-state index < -0.39 is 23.8 Å². The number of carbonyl (C=O) groups excluding carboxylic acids is 4. The molecule has 206 valence electrons. The van der Waals surface area contributed by atoms with Crippen molar-refractivity contribution in [3.63, 3.8) is 0 Å². The van der Waals surface area contributed by atoms with Crippen molar-refractivity contribution in [2.75, 3.05) is 27.4 Å². The van der Waals surface area contributed by atoms with Gasteiger partial charge in [-0.3, -0.25) is 19.2 Å². The van der Waals surface area contributed by atoms with E-state index in [0.29, 0.717) is 36.3 Å². The molecule has 0 spiro atoms. The summed E-state index contributed by atoms with van der Waals surface area (Å²) < 4.78 is 32.1. The summed E-state index contributed by atoms with van der Waals surface area (Å²) in [6.45, 7) is 5.50. The lowest BCUT2D eigenvalue weighted by atomic mass is 9.89. The van der Waals surface area contributed by atoms with Gasteiger partial charge in [0.1, 0.15) is 0 Å². The van der Waals surface area contributed by atoms with Crippen LogP contribution in [-0.2, 0) is 41.5 Å². The zero-order valence-electron chi connectivity index (χ0n) is 22.6. The second-order valence-corrected chi connectivity index (χ2v) is 8.54. The summed E-state index contributed by atoms with van der Waals surface area (Å²) in [5.41, 5.74) is 2.25. The quantitative estimate of drug-likeness (QED) is 0.214. The minimum absolute atomic E-state index is 0.00232. The van der Waals surface area contributed by atoms with Gasteiger partial charge in [-0.05, 0) is 48.6 Å². The van der Waals surface area contributed by atoms with Gasteiger partial charge in [0, 0.05) is 39.2 Å². The van der Waals surface area contributed by atoms with E-state index in [0.717, 1.165) is 11.1 Å². The van der Waals surface area contributed by atoms with Crippen molar-refractivity contribution in [1.29, 1.82) is 0 Å². The van der Waals surface area contributed by atoms with Gasteiger partial charge >= 0.3 is 23.9 Å². The van der Waals surface area contributed by atoms with E-state index >= 15 is 0 Å². The van der Waals surface area contributed by atoms with Crippen molar-refractivity contribution in [2.24, 2.45) is 0 Å². The van der Waals surface area contributed by atoms with Crippen molar-refractivity contribution in [3.05, 3.63) is 47.0 Å². The van der Waals surface area contributed by atoms with E-state index in [-0.39, 0.29) is 30.7 Å². The molecule has 0 aromatic heterocycles. The fourth-order valence-corrected chi connectivity index (χ4v) is 3.87. The molecule has 1 unspecified atom stereocenters. The SMILES string of the molecule is COc1cc(CC(COC(C)=O)c2cc(CCCOC(C)=O)cc(OC)c2OC(C)=O)ccc1OC(C)=O. The van der Waals surface area contributed by atoms with E-state index in [4.69, 9.17) is 28.4 Å². The van der Waals surface area contributed by atoms with Crippen LogP contribution in [-0.4, -0.2) is 51.3 Å². The lowest BCUT2D eigenvalue weighted by Crippen LogP contribution is -2.17. The lowest BCUT2D eigenvalue weighted by Gasteiger charge is -2.23. The van der Waals surface area contributed by atoms with Gasteiger partial charge in [0.2, 0.25) is 0 Å². The molecule has 0 saturated carbocycles. The minimum Gasteiger partial charge on any atom is -0.493 e. The molecule has 0 aliphatic heterocycles. The molecule has 38 heavy (non-hydrogen) atoms. The van der Waals surface area contributed by atoms with Crippen LogP contribution >= 0.6 is 0 Å². The van der Waals surface area contributed by atoms with Crippen LogP contribution in [0.25, 0.3) is 0 Å². The molecular formula is C28H34O10. The van der Waals surface area contributed by atoms with Crippen LogP contribution in [0.2, 0.25) is 0 Å². The largest absolute Gasteiger partial charge is 0.493 e. The first-order valence-corrected chi connectivity index (χ1v) is 12.0. The molecule has 0 heterocycles. The van der Waals surface area contributed by atoms with Gasteiger partial charge < -0.3 is 28.4 Å². The van der Waals surface area contributed by atoms with Crippen LogP contribution in [0.3, 0.4) is 0 Å². The fourth-order valence-electron chi connectivity index (χ4n) is 3.87. The molecule has 2 aromatic carbocycles. The van der Waals surface area contributed by atoms with Gasteiger partial charge in [-0.15, -0.1) is 0 Å². The number of hydrogen-bond donors (Lipinski definition) is 0. The smallest absolute Gasteiger partial charge is 0.308 e. The molecule has 2 rings (SSSR count). The van der Waals surface area contributed by atoms with Crippen molar-refractivity contribution >= 4 is 23.9 Å². The molecule has 0 amide bonds. The van der Waals surface area contributed by atoms with Crippen LogP contribution < -0.4 is 18.9 Å². The first kappa shape index (κ1) is 30.1. The molecule has 0 aliphatic rings. The number of ether oxygens (including phenoxy) is 6. The van der Waals surface area contributed by atoms with Gasteiger partial charge in [0.25, 0.3) is 0 Å². The highest BCUT2D eigenvalue weighted by Crippen LogP contribution is 2.40. The maximum atomic E-state index is 12.0. The van der Waals surface area contributed by atoms with Gasteiger partial charge in [-0.1, -0.05) is 12.1 Å². The third-order valence-electron chi connectivity index (χ3n) is 5.42. The maximum Gasteiger partial charge on any atom is 0.308 e. The number of carbonyl (C=O) groups is 4. The minimum atomic E-state index is -0.536. The average Bonchev–Trinajstić information content (AvgIpc) is 2.84. The zero-order valence-corrected chi connectivity index (χ0v) is 22.6. The molecule has 0 saturated heterocycles. The Balaban J connectivity index is 2.53. The van der Waals surface area contributed by atoms with Gasteiger partial charge in [-0.25, -0.2) is 0 Å². The Morgan fingerprint density at radius 1 is 0.711 bits per heavy atom. The highest BCUT2D eigenvalue weighted by molar-refractivity contribution is 5.72. The van der Waals surface area contributed by atoms with Crippen LogP contribution in [0.4, 0.5) is 0 Å². The second-order valence-electron chi connectivity index (χ2n) is 8.54. The van der Waals surface area contributed by atoms with Crippen LogP contribution in [0, 0.1) is 0 Å². The first-order valence-electron chi connectivity index (χ1n) is 12.0. The highest BCUT2D eigenvalue weighted by atomic mass is 16.6. The third-order valence-corrected chi connectivity index (χ3v) is 5.42. The van der Waals surface area contributed by atoms with Gasteiger partial charge in [0.15, 0.2) is 23.0 Å². The Morgan fingerprint density at radius 3 is 1.92 bits per heavy atom.